The molecule has 1 aliphatic rings. The average molecular weight is 629 g/mol. The number of H-pyrrole nitrogens is 2. The molecule has 3 N–H and O–H groups in total. The van der Waals surface area contributed by atoms with Gasteiger partial charge in [-0.15, -0.1) is 0 Å². The second-order valence-corrected chi connectivity index (χ2v) is 7.81. The van der Waals surface area contributed by atoms with Gasteiger partial charge in [-0.1, -0.05) is 61.1 Å². The van der Waals surface area contributed by atoms with Gasteiger partial charge < -0.3 is 9.84 Å². The largest absolute Gasteiger partial charge is 0.416 e. The number of aliphatic hydroxyl groups is 1. The molecule has 1 aromatic heterocycles. The fourth-order valence-electron chi connectivity index (χ4n) is 3.50. The van der Waals surface area contributed by atoms with Crippen molar-refractivity contribution in [1.29, 1.82) is 0 Å². The van der Waals surface area contributed by atoms with E-state index in [2.05, 4.69) is 20.1 Å². The number of aromatic amines is 2. The Hall–Kier alpha value is -3.23. The Morgan fingerprint density at radius 1 is 0.930 bits per heavy atom. The molecule has 1 atom stereocenters. The highest BCUT2D eigenvalue weighted by Crippen LogP contribution is 2.36. The number of hydrogen-bond acceptors (Lipinski definition) is 5. The number of nitrogens with one attached hydrogen (secondary N) is 2. The molecule has 7 nitrogen and oxygen atoms in total. The molecule has 4 rings (SSSR count). The van der Waals surface area contributed by atoms with Gasteiger partial charge in [0.1, 0.15) is 11.6 Å². The Labute approximate surface area is 248 Å². The Bertz CT molecular complexity index is 1160. The first kappa shape index (κ1) is 41.9. The van der Waals surface area contributed by atoms with E-state index in [9.17, 15) is 35.5 Å². The molecule has 0 aliphatic carbocycles. The summed E-state index contributed by atoms with van der Waals surface area (Å²) in [5.74, 6) is 0.331. The molecule has 2 aromatic carbocycles. The van der Waals surface area contributed by atoms with Crippen molar-refractivity contribution in [3.63, 3.8) is 0 Å². The van der Waals surface area contributed by atoms with Gasteiger partial charge in [0, 0.05) is 6.54 Å². The van der Waals surface area contributed by atoms with Gasteiger partial charge in [-0.2, -0.15) is 31.4 Å². The summed E-state index contributed by atoms with van der Waals surface area (Å²) in [5.41, 5.74) is -2.60. The number of nitrogens with zero attached hydrogens (tertiary/aromatic N) is 2. The summed E-state index contributed by atoms with van der Waals surface area (Å²) in [6, 6.07) is 7.41. The first-order valence-electron chi connectivity index (χ1n) is 13.5. The second-order valence-electron chi connectivity index (χ2n) is 7.81. The monoisotopic (exact) mass is 628 g/mol. The van der Waals surface area contributed by atoms with Crippen LogP contribution in [0.15, 0.2) is 47.3 Å². The maximum absolute atomic E-state index is 13.0. The highest BCUT2D eigenvalue weighted by molar-refractivity contribution is 5.33. The van der Waals surface area contributed by atoms with E-state index < -0.39 is 35.6 Å². The van der Waals surface area contributed by atoms with Crippen molar-refractivity contribution in [2.45, 2.75) is 80.5 Å². The zero-order chi connectivity index (χ0) is 32.5. The van der Waals surface area contributed by atoms with Crippen LogP contribution in [0.5, 0.6) is 0 Å². The molecular weight excluding hydrogens is 585 g/mol. The molecule has 1 fully saturated rings. The number of ether oxygens (including phenoxy) is 1. The lowest BCUT2D eigenvalue weighted by molar-refractivity contribution is -0.143. The molecule has 2 heterocycles. The van der Waals surface area contributed by atoms with Crippen LogP contribution in [-0.2, 0) is 30.2 Å². The predicted molar refractivity (Wildman–Crippen MR) is 153 cm³/mol. The molecular formula is C29H43F7N4O3. The summed E-state index contributed by atoms with van der Waals surface area (Å²) in [4.78, 5) is 15.9. The number of hydrogen-bond donors (Lipinski definition) is 3. The number of benzene rings is 2. The minimum atomic E-state index is -4.87. The fourth-order valence-corrected chi connectivity index (χ4v) is 3.50. The van der Waals surface area contributed by atoms with Crippen LogP contribution >= 0.6 is 0 Å². The minimum Gasteiger partial charge on any atom is -0.392 e. The summed E-state index contributed by atoms with van der Waals surface area (Å²) >= 11 is 0. The third-order valence-electron chi connectivity index (χ3n) is 5.23. The van der Waals surface area contributed by atoms with Gasteiger partial charge in [0.15, 0.2) is 0 Å². The van der Waals surface area contributed by atoms with Crippen LogP contribution in [0.2, 0.25) is 0 Å². The average Bonchev–Trinajstić information content (AvgIpc) is 3.40. The van der Waals surface area contributed by atoms with Gasteiger partial charge in [0.25, 0.3) is 0 Å². The van der Waals surface area contributed by atoms with Crippen molar-refractivity contribution >= 4 is 0 Å². The van der Waals surface area contributed by atoms with Gasteiger partial charge >= 0.3 is 18.0 Å². The zero-order valence-electron chi connectivity index (χ0n) is 24.5. The first-order chi connectivity index (χ1) is 19.9. The van der Waals surface area contributed by atoms with Crippen LogP contribution in [0.1, 0.15) is 83.1 Å². The van der Waals surface area contributed by atoms with E-state index in [1.807, 2.05) is 41.5 Å². The third kappa shape index (κ3) is 14.2. The van der Waals surface area contributed by atoms with Crippen LogP contribution in [0, 0.1) is 5.82 Å². The van der Waals surface area contributed by atoms with Gasteiger partial charge in [-0.25, -0.2) is 14.3 Å². The fraction of sp³-hybridized carbons (Fsp3) is 0.517. The van der Waals surface area contributed by atoms with Crippen LogP contribution in [0.3, 0.4) is 0 Å². The number of rotatable bonds is 4. The van der Waals surface area contributed by atoms with E-state index in [1.54, 1.807) is 12.1 Å². The highest BCUT2D eigenvalue weighted by atomic mass is 19.4. The lowest BCUT2D eigenvalue weighted by Gasteiger charge is -2.35. The zero-order valence-corrected chi connectivity index (χ0v) is 24.5. The van der Waals surface area contributed by atoms with Crippen LogP contribution in [0.4, 0.5) is 30.7 Å². The van der Waals surface area contributed by atoms with Gasteiger partial charge in [-0.3, -0.25) is 9.88 Å². The van der Waals surface area contributed by atoms with Crippen molar-refractivity contribution in [2.24, 2.45) is 0 Å². The molecule has 1 saturated heterocycles. The van der Waals surface area contributed by atoms with E-state index in [0.717, 1.165) is 12.1 Å². The van der Waals surface area contributed by atoms with Gasteiger partial charge in [0.2, 0.25) is 0 Å². The summed E-state index contributed by atoms with van der Waals surface area (Å²) < 4.78 is 91.8. The van der Waals surface area contributed by atoms with Crippen molar-refractivity contribution in [3.05, 3.63) is 86.8 Å². The third-order valence-corrected chi connectivity index (χ3v) is 5.23. The molecule has 43 heavy (non-hydrogen) atoms. The summed E-state index contributed by atoms with van der Waals surface area (Å²) in [6.45, 7) is 13.5. The maximum atomic E-state index is 13.0. The molecule has 3 aromatic rings. The van der Waals surface area contributed by atoms with E-state index in [-0.39, 0.29) is 31.0 Å². The highest BCUT2D eigenvalue weighted by Gasteiger charge is 2.36. The molecule has 0 radical (unpaired) electrons. The van der Waals surface area contributed by atoms with E-state index in [4.69, 9.17) is 9.84 Å². The van der Waals surface area contributed by atoms with Gasteiger partial charge in [0.05, 0.1) is 43.5 Å². The van der Waals surface area contributed by atoms with Crippen LogP contribution < -0.4 is 5.69 Å². The van der Waals surface area contributed by atoms with Crippen molar-refractivity contribution in [1.82, 2.24) is 20.1 Å². The number of morpholine rings is 1. The Kier molecular flexibility index (Phi) is 20.1. The minimum absolute atomic E-state index is 0. The molecule has 0 saturated carbocycles. The normalized spacial score (nSPS) is 14.6. The van der Waals surface area contributed by atoms with E-state index in [0.29, 0.717) is 37.7 Å². The number of alkyl halides is 6. The number of aliphatic hydroxyl groups excluding tert-OH is 1. The van der Waals surface area contributed by atoms with Crippen molar-refractivity contribution in [3.8, 4) is 0 Å². The number of halogens is 7. The maximum Gasteiger partial charge on any atom is 0.416 e. The molecule has 14 heteroatoms. The van der Waals surface area contributed by atoms with Gasteiger partial charge in [-0.05, 0) is 41.5 Å². The van der Waals surface area contributed by atoms with Crippen LogP contribution in [0.25, 0.3) is 0 Å². The van der Waals surface area contributed by atoms with Crippen LogP contribution in [-0.4, -0.2) is 44.9 Å². The Morgan fingerprint density at radius 2 is 1.44 bits per heavy atom. The second kappa shape index (κ2) is 20.6. The molecule has 0 spiro atoms. The quantitative estimate of drug-likeness (QED) is 0.257. The summed E-state index contributed by atoms with van der Waals surface area (Å²) in [5, 5.41) is 14.9. The molecule has 1 aliphatic heterocycles. The van der Waals surface area contributed by atoms with Crippen molar-refractivity contribution < 1.29 is 40.6 Å². The molecule has 0 unspecified atom stereocenters. The smallest absolute Gasteiger partial charge is 0.392 e. The van der Waals surface area contributed by atoms with E-state index >= 15 is 0 Å². The van der Waals surface area contributed by atoms with E-state index in [1.165, 1.54) is 12.1 Å². The predicted octanol–water partition coefficient (Wildman–Crippen LogP) is 7.74. The standard InChI is InChI=1S/C13H15FN4O2.C9H6F6O.3C2H6.CH4/c14-10-3-1-9(2-4-10)11-8-20-6-5-18(11)7-12-15-13(19)17-16-12;10-8(11,12)6-1-5(4-16)2-7(3-6)9(13,14)15;3*1-2;/h1-4,11H,5-8H2,(H2,15,16,17,19);1-3,16H,4H2;3*1-2H3;1H4/t11-;;;;;/m1...../s1. The Morgan fingerprint density at radius 3 is 1.86 bits per heavy atom. The summed E-state index contributed by atoms with van der Waals surface area (Å²) in [7, 11) is 0. The lowest BCUT2D eigenvalue weighted by Crippen LogP contribution is -2.39. The summed E-state index contributed by atoms with van der Waals surface area (Å²) in [6.07, 6.45) is -9.74. The van der Waals surface area contributed by atoms with Crippen molar-refractivity contribution in [2.75, 3.05) is 19.8 Å². The molecule has 0 amide bonds. The first-order valence-corrected chi connectivity index (χ1v) is 13.5. The topological polar surface area (TPSA) is 94.2 Å². The molecule has 0 bridgehead atoms. The number of aromatic nitrogens is 3. The lowest BCUT2D eigenvalue weighted by atomic mass is 10.0. The SMILES string of the molecule is C.CC.CC.CC.O=c1[nH]nc(CN2CCOC[C@@H]2c2ccc(F)cc2)[nH]1.OCc1cc(C(F)(F)F)cc(C(F)(F)F)c1. The molecule has 246 valence electrons. The Balaban J connectivity index is 0.